The van der Waals surface area contributed by atoms with Gasteiger partial charge in [-0.25, -0.2) is 4.79 Å². The predicted octanol–water partition coefficient (Wildman–Crippen LogP) is 1.71. The average molecular weight is 310 g/mol. The van der Waals surface area contributed by atoms with E-state index in [0.29, 0.717) is 37.5 Å². The monoisotopic (exact) mass is 310 g/mol. The third-order valence-corrected chi connectivity index (χ3v) is 3.28. The van der Waals surface area contributed by atoms with E-state index in [9.17, 15) is 4.79 Å². The van der Waals surface area contributed by atoms with Gasteiger partial charge in [0, 0.05) is 6.54 Å². The van der Waals surface area contributed by atoms with E-state index in [-0.39, 0.29) is 18.7 Å². The van der Waals surface area contributed by atoms with Crippen LogP contribution in [0, 0.1) is 0 Å². The Labute approximate surface area is 131 Å². The fourth-order valence-electron chi connectivity index (χ4n) is 1.98. The first-order chi connectivity index (χ1) is 10.6. The Hall–Kier alpha value is -1.95. The SMILES string of the molecule is CCOc1ccc(CCNC(=O)NC(CC)CO)cc1OC. The summed E-state index contributed by atoms with van der Waals surface area (Å²) in [5.74, 6) is 1.41. The van der Waals surface area contributed by atoms with Crippen LogP contribution >= 0.6 is 0 Å². The molecule has 0 aromatic heterocycles. The van der Waals surface area contributed by atoms with Crippen LogP contribution in [0.3, 0.4) is 0 Å². The maximum absolute atomic E-state index is 11.6. The molecule has 0 radical (unpaired) electrons. The Balaban J connectivity index is 2.46. The average Bonchev–Trinajstić information content (AvgIpc) is 2.54. The molecule has 2 amide bonds. The zero-order valence-electron chi connectivity index (χ0n) is 13.5. The minimum absolute atomic E-state index is 0.0555. The summed E-state index contributed by atoms with van der Waals surface area (Å²) in [6, 6.07) is 5.27. The maximum Gasteiger partial charge on any atom is 0.315 e. The van der Waals surface area contributed by atoms with Gasteiger partial charge >= 0.3 is 6.03 Å². The normalized spacial score (nSPS) is 11.6. The van der Waals surface area contributed by atoms with Gasteiger partial charge in [0.15, 0.2) is 11.5 Å². The molecule has 0 saturated carbocycles. The first kappa shape index (κ1) is 18.1. The molecule has 0 aliphatic rings. The number of rotatable bonds is 9. The second-order valence-corrected chi connectivity index (χ2v) is 4.86. The molecule has 0 heterocycles. The number of nitrogens with one attached hydrogen (secondary N) is 2. The van der Waals surface area contributed by atoms with Gasteiger partial charge in [0.1, 0.15) is 0 Å². The van der Waals surface area contributed by atoms with Crippen LogP contribution in [0.5, 0.6) is 11.5 Å². The van der Waals surface area contributed by atoms with E-state index in [1.807, 2.05) is 32.0 Å². The van der Waals surface area contributed by atoms with Crippen LogP contribution in [0.15, 0.2) is 18.2 Å². The number of methoxy groups -OCH3 is 1. The van der Waals surface area contributed by atoms with Crippen LogP contribution in [0.25, 0.3) is 0 Å². The summed E-state index contributed by atoms with van der Waals surface area (Å²) < 4.78 is 10.8. The van der Waals surface area contributed by atoms with Gasteiger partial charge in [0.2, 0.25) is 0 Å². The van der Waals surface area contributed by atoms with E-state index in [0.717, 1.165) is 5.56 Å². The van der Waals surface area contributed by atoms with Crippen molar-refractivity contribution in [1.29, 1.82) is 0 Å². The van der Waals surface area contributed by atoms with Crippen LogP contribution in [-0.4, -0.2) is 44.0 Å². The predicted molar refractivity (Wildman–Crippen MR) is 85.6 cm³/mol. The molecule has 1 atom stereocenters. The first-order valence-corrected chi connectivity index (χ1v) is 7.59. The molecule has 0 bridgehead atoms. The van der Waals surface area contributed by atoms with Crippen LogP contribution in [0.1, 0.15) is 25.8 Å². The van der Waals surface area contributed by atoms with Gasteiger partial charge in [-0.05, 0) is 37.5 Å². The topological polar surface area (TPSA) is 79.8 Å². The number of benzene rings is 1. The van der Waals surface area contributed by atoms with Crippen molar-refractivity contribution in [3.8, 4) is 11.5 Å². The van der Waals surface area contributed by atoms with Crippen molar-refractivity contribution in [1.82, 2.24) is 10.6 Å². The van der Waals surface area contributed by atoms with Crippen molar-refractivity contribution in [3.05, 3.63) is 23.8 Å². The lowest BCUT2D eigenvalue weighted by atomic mass is 10.1. The number of hydrogen-bond acceptors (Lipinski definition) is 4. The number of aliphatic hydroxyl groups excluding tert-OH is 1. The van der Waals surface area contributed by atoms with Gasteiger partial charge in [-0.2, -0.15) is 0 Å². The summed E-state index contributed by atoms with van der Waals surface area (Å²) in [6.45, 7) is 4.87. The molecular weight excluding hydrogens is 284 g/mol. The van der Waals surface area contributed by atoms with Crippen molar-refractivity contribution >= 4 is 6.03 Å². The highest BCUT2D eigenvalue weighted by molar-refractivity contribution is 5.74. The second-order valence-electron chi connectivity index (χ2n) is 4.86. The first-order valence-electron chi connectivity index (χ1n) is 7.59. The van der Waals surface area contributed by atoms with E-state index in [2.05, 4.69) is 10.6 Å². The van der Waals surface area contributed by atoms with Gasteiger partial charge in [0.25, 0.3) is 0 Å². The summed E-state index contributed by atoms with van der Waals surface area (Å²) in [5.41, 5.74) is 1.05. The number of carbonyl (C=O) groups is 1. The molecule has 6 nitrogen and oxygen atoms in total. The minimum Gasteiger partial charge on any atom is -0.493 e. The molecule has 1 rings (SSSR count). The lowest BCUT2D eigenvalue weighted by molar-refractivity contribution is 0.214. The Morgan fingerprint density at radius 1 is 1.32 bits per heavy atom. The van der Waals surface area contributed by atoms with Gasteiger partial charge in [-0.1, -0.05) is 13.0 Å². The molecule has 1 aromatic rings. The highest BCUT2D eigenvalue weighted by Gasteiger charge is 2.09. The van der Waals surface area contributed by atoms with Crippen molar-refractivity contribution in [2.24, 2.45) is 0 Å². The second kappa shape index (κ2) is 9.89. The Morgan fingerprint density at radius 3 is 2.68 bits per heavy atom. The molecule has 1 unspecified atom stereocenters. The summed E-state index contributed by atoms with van der Waals surface area (Å²) in [4.78, 5) is 11.6. The van der Waals surface area contributed by atoms with Crippen LogP contribution in [0.2, 0.25) is 0 Å². The Bertz CT molecular complexity index is 461. The molecule has 3 N–H and O–H groups in total. The Morgan fingerprint density at radius 2 is 2.09 bits per heavy atom. The van der Waals surface area contributed by atoms with Crippen molar-refractivity contribution in [2.75, 3.05) is 26.9 Å². The number of amides is 2. The lowest BCUT2D eigenvalue weighted by Crippen LogP contribution is -2.44. The standard InChI is InChI=1S/C16H26N2O4/c1-4-13(11-19)18-16(20)17-9-8-12-6-7-14(22-5-2)15(10-12)21-3/h6-7,10,13,19H,4-5,8-9,11H2,1-3H3,(H2,17,18,20). The third-order valence-electron chi connectivity index (χ3n) is 3.28. The zero-order valence-corrected chi connectivity index (χ0v) is 13.5. The Kier molecular flexibility index (Phi) is 8.14. The van der Waals surface area contributed by atoms with Crippen LogP contribution in [-0.2, 0) is 6.42 Å². The van der Waals surface area contributed by atoms with Crippen LogP contribution in [0.4, 0.5) is 4.79 Å². The summed E-state index contributed by atoms with van der Waals surface area (Å²) >= 11 is 0. The van der Waals surface area contributed by atoms with Crippen LogP contribution < -0.4 is 20.1 Å². The van der Waals surface area contributed by atoms with Gasteiger partial charge in [-0.15, -0.1) is 0 Å². The minimum atomic E-state index is -0.265. The molecular formula is C16H26N2O4. The fourth-order valence-corrected chi connectivity index (χ4v) is 1.98. The smallest absolute Gasteiger partial charge is 0.315 e. The molecule has 0 saturated heterocycles. The van der Waals surface area contributed by atoms with E-state index < -0.39 is 0 Å². The van der Waals surface area contributed by atoms with Crippen molar-refractivity contribution < 1.29 is 19.4 Å². The van der Waals surface area contributed by atoms with E-state index in [1.165, 1.54) is 0 Å². The van der Waals surface area contributed by atoms with Crippen molar-refractivity contribution in [3.63, 3.8) is 0 Å². The van der Waals surface area contributed by atoms with E-state index >= 15 is 0 Å². The third kappa shape index (κ3) is 5.81. The van der Waals surface area contributed by atoms with E-state index in [4.69, 9.17) is 14.6 Å². The number of ether oxygens (including phenoxy) is 2. The molecule has 22 heavy (non-hydrogen) atoms. The van der Waals surface area contributed by atoms with E-state index in [1.54, 1.807) is 7.11 Å². The highest BCUT2D eigenvalue weighted by Crippen LogP contribution is 2.28. The summed E-state index contributed by atoms with van der Waals surface area (Å²) in [7, 11) is 1.60. The summed E-state index contributed by atoms with van der Waals surface area (Å²) in [6.07, 6.45) is 1.38. The molecule has 124 valence electrons. The quantitative estimate of drug-likeness (QED) is 0.649. The molecule has 6 heteroatoms. The van der Waals surface area contributed by atoms with Crippen molar-refractivity contribution in [2.45, 2.75) is 32.7 Å². The van der Waals surface area contributed by atoms with Gasteiger partial charge < -0.3 is 25.2 Å². The fraction of sp³-hybridized carbons (Fsp3) is 0.562. The number of hydrogen-bond donors (Lipinski definition) is 3. The zero-order chi connectivity index (χ0) is 16.4. The number of urea groups is 1. The van der Waals surface area contributed by atoms with Gasteiger partial charge in [0.05, 0.1) is 26.4 Å². The summed E-state index contributed by atoms with van der Waals surface area (Å²) in [5, 5.41) is 14.5. The molecule has 0 aliphatic carbocycles. The highest BCUT2D eigenvalue weighted by atomic mass is 16.5. The maximum atomic E-state index is 11.6. The van der Waals surface area contributed by atoms with Gasteiger partial charge in [-0.3, -0.25) is 0 Å². The molecule has 1 aromatic carbocycles. The number of carbonyl (C=O) groups excluding carboxylic acids is 1. The molecule has 0 spiro atoms. The largest absolute Gasteiger partial charge is 0.493 e. The number of aliphatic hydroxyl groups is 1. The molecule has 0 fully saturated rings. The lowest BCUT2D eigenvalue weighted by Gasteiger charge is -2.15. The molecule has 0 aliphatic heterocycles.